The van der Waals surface area contributed by atoms with Crippen LogP contribution in [0.4, 0.5) is 0 Å². The summed E-state index contributed by atoms with van der Waals surface area (Å²) in [5.41, 5.74) is 0.409. The van der Waals surface area contributed by atoms with E-state index < -0.39 is 5.60 Å². The predicted octanol–water partition coefficient (Wildman–Crippen LogP) is 3.24. The summed E-state index contributed by atoms with van der Waals surface area (Å²) in [6.07, 6.45) is 6.66. The minimum atomic E-state index is -0.635. The van der Waals surface area contributed by atoms with Gasteiger partial charge in [-0.25, -0.2) is 0 Å². The van der Waals surface area contributed by atoms with E-state index in [-0.39, 0.29) is 0 Å². The molecule has 2 heteroatoms. The van der Waals surface area contributed by atoms with Gasteiger partial charge in [-0.05, 0) is 24.8 Å². The smallest absolute Gasteiger partial charge is 0.109 e. The maximum Gasteiger partial charge on any atom is 0.109 e. The van der Waals surface area contributed by atoms with Gasteiger partial charge in [0.1, 0.15) is 5.76 Å². The summed E-state index contributed by atoms with van der Waals surface area (Å²) in [6.45, 7) is 4.31. The van der Waals surface area contributed by atoms with Gasteiger partial charge < -0.3 is 9.52 Å². The Hall–Kier alpha value is -0.760. The molecule has 1 heterocycles. The zero-order chi connectivity index (χ0) is 10.9. The number of aliphatic hydroxyl groups is 1. The van der Waals surface area contributed by atoms with Crippen LogP contribution in [0.15, 0.2) is 16.7 Å². The van der Waals surface area contributed by atoms with Crippen LogP contribution in [-0.2, 0) is 12.0 Å². The van der Waals surface area contributed by atoms with Gasteiger partial charge in [0, 0.05) is 12.0 Å². The molecule has 0 amide bonds. The summed E-state index contributed by atoms with van der Waals surface area (Å²) in [6, 6.07) is 1.95. The Morgan fingerprint density at radius 2 is 2.20 bits per heavy atom. The van der Waals surface area contributed by atoms with Crippen molar-refractivity contribution in [2.75, 3.05) is 0 Å². The summed E-state index contributed by atoms with van der Waals surface area (Å²) in [7, 11) is 0. The highest BCUT2D eigenvalue weighted by molar-refractivity contribution is 5.28. The van der Waals surface area contributed by atoms with Crippen LogP contribution in [0.25, 0.3) is 0 Å². The molecule has 0 saturated heterocycles. The van der Waals surface area contributed by atoms with Crippen molar-refractivity contribution < 1.29 is 9.52 Å². The summed E-state index contributed by atoms with van der Waals surface area (Å²) >= 11 is 0. The molecule has 15 heavy (non-hydrogen) atoms. The van der Waals surface area contributed by atoms with Gasteiger partial charge in [0.25, 0.3) is 0 Å². The third-order valence-corrected chi connectivity index (χ3v) is 3.83. The second kappa shape index (κ2) is 4.01. The van der Waals surface area contributed by atoms with Crippen molar-refractivity contribution >= 4 is 0 Å². The predicted molar refractivity (Wildman–Crippen MR) is 59.6 cm³/mol. The molecule has 0 aliphatic heterocycles. The number of hydrogen-bond donors (Lipinski definition) is 1. The number of furan rings is 1. The second-order valence-corrected chi connectivity index (χ2v) is 4.55. The maximum atomic E-state index is 10.8. The normalized spacial score (nSPS) is 25.6. The van der Waals surface area contributed by atoms with Gasteiger partial charge in [-0.1, -0.05) is 26.7 Å². The molecule has 0 bridgehead atoms. The molecular weight excluding hydrogens is 188 g/mol. The van der Waals surface area contributed by atoms with Crippen molar-refractivity contribution in [2.45, 2.75) is 51.6 Å². The first kappa shape index (κ1) is 10.7. The van der Waals surface area contributed by atoms with Gasteiger partial charge in [-0.3, -0.25) is 0 Å². The summed E-state index contributed by atoms with van der Waals surface area (Å²) in [5.74, 6) is 1.35. The van der Waals surface area contributed by atoms with Crippen LogP contribution in [0, 0.1) is 5.92 Å². The van der Waals surface area contributed by atoms with E-state index in [1.54, 1.807) is 6.26 Å². The number of aryl methyl sites for hydroxylation is 1. The Balaban J connectivity index is 2.37. The quantitative estimate of drug-likeness (QED) is 0.827. The molecular formula is C13H20O2. The molecule has 1 N–H and O–H groups in total. The fraction of sp³-hybridized carbons (Fsp3) is 0.692. The van der Waals surface area contributed by atoms with Gasteiger partial charge in [0.05, 0.1) is 11.9 Å². The Morgan fingerprint density at radius 1 is 1.47 bits per heavy atom. The van der Waals surface area contributed by atoms with Crippen molar-refractivity contribution in [2.24, 2.45) is 5.92 Å². The molecule has 1 aliphatic rings. The lowest BCUT2D eigenvalue weighted by molar-refractivity contribution is -0.0441. The van der Waals surface area contributed by atoms with Crippen LogP contribution in [0.3, 0.4) is 0 Å². The Labute approximate surface area is 91.3 Å². The molecule has 0 radical (unpaired) electrons. The molecule has 84 valence electrons. The van der Waals surface area contributed by atoms with Crippen molar-refractivity contribution in [1.29, 1.82) is 0 Å². The third kappa shape index (κ3) is 1.61. The minimum absolute atomic E-state index is 0.356. The number of hydrogen-bond acceptors (Lipinski definition) is 2. The van der Waals surface area contributed by atoms with E-state index in [0.717, 1.165) is 43.4 Å². The molecule has 2 nitrogen and oxygen atoms in total. The monoisotopic (exact) mass is 208 g/mol. The molecule has 1 aliphatic carbocycles. The first-order valence-corrected chi connectivity index (χ1v) is 6.01. The first-order valence-electron chi connectivity index (χ1n) is 6.01. The lowest BCUT2D eigenvalue weighted by atomic mass is 9.72. The highest BCUT2D eigenvalue weighted by atomic mass is 16.3. The van der Waals surface area contributed by atoms with Crippen LogP contribution >= 0.6 is 0 Å². The first-order chi connectivity index (χ1) is 7.22. The Morgan fingerprint density at radius 3 is 2.87 bits per heavy atom. The summed E-state index contributed by atoms with van der Waals surface area (Å²) in [4.78, 5) is 0. The van der Waals surface area contributed by atoms with Crippen LogP contribution in [0.5, 0.6) is 0 Å². The van der Waals surface area contributed by atoms with Crippen LogP contribution in [-0.4, -0.2) is 5.11 Å². The van der Waals surface area contributed by atoms with Gasteiger partial charge in [0.2, 0.25) is 0 Å². The molecule has 1 unspecified atom stereocenters. The molecule has 2 rings (SSSR count). The SMILES string of the molecule is CCC(CC)C1(O)CCCc2occc21. The Bertz CT molecular complexity index is 325. The van der Waals surface area contributed by atoms with Crippen LogP contribution < -0.4 is 0 Å². The van der Waals surface area contributed by atoms with E-state index in [0.29, 0.717) is 5.92 Å². The van der Waals surface area contributed by atoms with Crippen molar-refractivity contribution in [1.82, 2.24) is 0 Å². The number of rotatable bonds is 3. The van der Waals surface area contributed by atoms with Crippen molar-refractivity contribution in [3.8, 4) is 0 Å². The van der Waals surface area contributed by atoms with E-state index in [1.807, 2.05) is 6.07 Å². The average Bonchev–Trinajstić information content (AvgIpc) is 2.69. The highest BCUT2D eigenvalue weighted by Gasteiger charge is 2.41. The largest absolute Gasteiger partial charge is 0.469 e. The van der Waals surface area contributed by atoms with E-state index in [1.165, 1.54) is 0 Å². The zero-order valence-corrected chi connectivity index (χ0v) is 9.62. The molecule has 0 spiro atoms. The van der Waals surface area contributed by atoms with E-state index >= 15 is 0 Å². The maximum absolute atomic E-state index is 10.8. The Kier molecular flexibility index (Phi) is 2.87. The van der Waals surface area contributed by atoms with E-state index in [4.69, 9.17) is 4.42 Å². The van der Waals surface area contributed by atoms with Gasteiger partial charge in [-0.2, -0.15) is 0 Å². The lowest BCUT2D eigenvalue weighted by Crippen LogP contribution is -2.37. The summed E-state index contributed by atoms with van der Waals surface area (Å²) < 4.78 is 5.43. The molecule has 1 aromatic rings. The van der Waals surface area contributed by atoms with E-state index in [2.05, 4.69) is 13.8 Å². The average molecular weight is 208 g/mol. The molecule has 0 fully saturated rings. The number of fused-ring (bicyclic) bond motifs is 1. The van der Waals surface area contributed by atoms with Gasteiger partial charge >= 0.3 is 0 Å². The highest BCUT2D eigenvalue weighted by Crippen LogP contribution is 2.43. The fourth-order valence-corrected chi connectivity index (χ4v) is 2.96. The van der Waals surface area contributed by atoms with Crippen molar-refractivity contribution in [3.63, 3.8) is 0 Å². The molecule has 1 aromatic heterocycles. The topological polar surface area (TPSA) is 33.4 Å². The molecule has 0 aromatic carbocycles. The second-order valence-electron chi connectivity index (χ2n) is 4.55. The van der Waals surface area contributed by atoms with Crippen LogP contribution in [0.2, 0.25) is 0 Å². The van der Waals surface area contributed by atoms with Crippen molar-refractivity contribution in [3.05, 3.63) is 23.7 Å². The standard InChI is InChI=1S/C13H20O2/c1-3-10(4-2)13(14)8-5-6-12-11(13)7-9-15-12/h7,9-10,14H,3-6,8H2,1-2H3. The fourth-order valence-electron chi connectivity index (χ4n) is 2.96. The minimum Gasteiger partial charge on any atom is -0.469 e. The van der Waals surface area contributed by atoms with E-state index in [9.17, 15) is 5.11 Å². The van der Waals surface area contributed by atoms with Gasteiger partial charge in [-0.15, -0.1) is 0 Å². The third-order valence-electron chi connectivity index (χ3n) is 3.83. The lowest BCUT2D eigenvalue weighted by Gasteiger charge is -2.38. The van der Waals surface area contributed by atoms with Crippen LogP contribution in [0.1, 0.15) is 50.9 Å². The summed E-state index contributed by atoms with van der Waals surface area (Å²) in [5, 5.41) is 10.8. The molecule has 1 atom stereocenters. The van der Waals surface area contributed by atoms with Gasteiger partial charge in [0.15, 0.2) is 0 Å². The molecule has 0 saturated carbocycles. The zero-order valence-electron chi connectivity index (χ0n) is 9.62.